The smallest absolute Gasteiger partial charge is 0.434 e. The minimum Gasteiger partial charge on any atom is -0.434 e. The van der Waals surface area contributed by atoms with E-state index in [0.717, 1.165) is 42.6 Å². The van der Waals surface area contributed by atoms with E-state index in [2.05, 4.69) is 46.8 Å². The summed E-state index contributed by atoms with van der Waals surface area (Å²) in [5.74, 6) is 0.230. The van der Waals surface area contributed by atoms with Crippen LogP contribution in [0.1, 0.15) is 88.8 Å². The Bertz CT molecular complexity index is 677. The average Bonchev–Trinajstić information content (AvgIpc) is 2.79. The molecule has 188 valence electrons. The second kappa shape index (κ2) is 16.7. The second-order valence-electron chi connectivity index (χ2n) is 9.36. The second-order valence-corrected chi connectivity index (χ2v) is 9.36. The summed E-state index contributed by atoms with van der Waals surface area (Å²) in [4.78, 5) is 24.8. The number of unbranched alkanes of at least 4 members (excludes halogenated alkanes) is 7. The molecule has 0 saturated heterocycles. The van der Waals surface area contributed by atoms with Crippen LogP contribution in [0.2, 0.25) is 0 Å². The molecule has 0 radical (unpaired) electrons. The minimum absolute atomic E-state index is 0.230. The highest BCUT2D eigenvalue weighted by Gasteiger charge is 2.27. The third kappa shape index (κ3) is 11.7. The van der Waals surface area contributed by atoms with Gasteiger partial charge in [0.2, 0.25) is 0 Å². The van der Waals surface area contributed by atoms with Gasteiger partial charge in [-0.1, -0.05) is 70.1 Å². The van der Waals surface area contributed by atoms with Crippen LogP contribution < -0.4 is 0 Å². The molecule has 0 N–H and O–H groups in total. The van der Waals surface area contributed by atoms with E-state index in [-0.39, 0.29) is 12.4 Å². The Kier molecular flexibility index (Phi) is 14.7. The molecule has 0 fully saturated rings. The Morgan fingerprint density at radius 1 is 0.788 bits per heavy atom. The number of rotatable bonds is 18. The van der Waals surface area contributed by atoms with Gasteiger partial charge in [0.05, 0.1) is 19.7 Å². The number of nitrogens with zero attached hydrogens (tertiary/aromatic N) is 1. The first kappa shape index (κ1) is 29.2. The van der Waals surface area contributed by atoms with Crippen LogP contribution in [0, 0.1) is 13.8 Å². The first-order chi connectivity index (χ1) is 15.9. The summed E-state index contributed by atoms with van der Waals surface area (Å²) in [5, 5.41) is 0. The Labute approximate surface area is 202 Å². The van der Waals surface area contributed by atoms with Gasteiger partial charge in [-0.15, -0.1) is 0 Å². The number of likely N-dealkylation sites (N-methyl/N-ethyl adjacent to an activating group) is 1. The first-order valence-electron chi connectivity index (χ1n) is 13.1. The zero-order chi connectivity index (χ0) is 24.5. The molecule has 0 bridgehead atoms. The van der Waals surface area contributed by atoms with Gasteiger partial charge in [-0.25, -0.2) is 4.79 Å². The third-order valence-electron chi connectivity index (χ3n) is 6.88. The van der Waals surface area contributed by atoms with Crippen LogP contribution >= 0.6 is 0 Å². The summed E-state index contributed by atoms with van der Waals surface area (Å²) in [7, 11) is 0. The van der Waals surface area contributed by atoms with Gasteiger partial charge in [-0.05, 0) is 50.8 Å². The van der Waals surface area contributed by atoms with E-state index in [1.165, 1.54) is 38.5 Å². The molecule has 0 heterocycles. The molecule has 1 rings (SSSR count). The van der Waals surface area contributed by atoms with Crippen LogP contribution in [-0.2, 0) is 20.7 Å². The molecule has 0 aromatic heterocycles. The monoisotopic (exact) mass is 462 g/mol. The molecule has 33 heavy (non-hydrogen) atoms. The third-order valence-corrected chi connectivity index (χ3v) is 6.88. The summed E-state index contributed by atoms with van der Waals surface area (Å²) in [6.07, 6.45) is 9.54. The van der Waals surface area contributed by atoms with E-state index in [0.29, 0.717) is 30.6 Å². The lowest BCUT2D eigenvalue weighted by Gasteiger charge is -2.36. The Morgan fingerprint density at radius 3 is 1.91 bits per heavy atom. The molecule has 1 aromatic carbocycles. The maximum absolute atomic E-state index is 12.9. The largest absolute Gasteiger partial charge is 0.508 e. The number of benzene rings is 1. The van der Waals surface area contributed by atoms with Crippen molar-refractivity contribution >= 4 is 11.9 Å². The minimum atomic E-state index is -0.592. The van der Waals surface area contributed by atoms with Crippen LogP contribution in [0.15, 0.2) is 18.2 Å². The van der Waals surface area contributed by atoms with E-state index in [1.54, 1.807) is 0 Å². The van der Waals surface area contributed by atoms with Gasteiger partial charge in [0.15, 0.2) is 5.78 Å². The number of hydrogen-bond donors (Lipinski definition) is 0. The van der Waals surface area contributed by atoms with E-state index in [4.69, 9.17) is 9.47 Å². The van der Waals surface area contributed by atoms with E-state index >= 15 is 0 Å². The number of aryl methyl sites for hydroxylation is 2. The van der Waals surface area contributed by atoms with Gasteiger partial charge in [-0.3, -0.25) is 4.79 Å². The molecular formula is C28H48NO4+. The van der Waals surface area contributed by atoms with Crippen LogP contribution in [0.5, 0.6) is 0 Å². The van der Waals surface area contributed by atoms with Crippen LogP contribution in [0.3, 0.4) is 0 Å². The average molecular weight is 463 g/mol. The highest BCUT2D eigenvalue weighted by Crippen LogP contribution is 2.16. The SMILES string of the molecule is CCCCCCCCCCOC(=O)OCC[N+](CC)(CC)CC(=O)Cc1c(C)cccc1C. The lowest BCUT2D eigenvalue weighted by atomic mass is 9.97. The Balaban J connectivity index is 2.33. The fraction of sp³-hybridized carbons (Fsp3) is 0.714. The summed E-state index contributed by atoms with van der Waals surface area (Å²) in [6.45, 7) is 14.0. The van der Waals surface area contributed by atoms with E-state index < -0.39 is 6.16 Å². The van der Waals surface area contributed by atoms with Crippen LogP contribution in [0.4, 0.5) is 4.79 Å². The van der Waals surface area contributed by atoms with Crippen molar-refractivity contribution in [3.8, 4) is 0 Å². The predicted molar refractivity (Wildman–Crippen MR) is 136 cm³/mol. The highest BCUT2D eigenvalue weighted by atomic mass is 16.7. The first-order valence-corrected chi connectivity index (χ1v) is 13.1. The number of ketones is 1. The molecule has 1 aromatic rings. The van der Waals surface area contributed by atoms with Crippen molar-refractivity contribution in [2.24, 2.45) is 0 Å². The summed E-state index contributed by atoms with van der Waals surface area (Å²) in [6, 6.07) is 6.15. The number of hydrogen-bond acceptors (Lipinski definition) is 4. The van der Waals surface area contributed by atoms with Crippen molar-refractivity contribution in [2.75, 3.05) is 39.4 Å². The number of quaternary nitrogens is 1. The molecule has 5 heteroatoms. The fourth-order valence-electron chi connectivity index (χ4n) is 4.35. The molecule has 0 spiro atoms. The van der Waals surface area contributed by atoms with Crippen molar-refractivity contribution in [2.45, 2.75) is 92.4 Å². The maximum Gasteiger partial charge on any atom is 0.508 e. The van der Waals surface area contributed by atoms with Crippen molar-refractivity contribution in [1.29, 1.82) is 0 Å². The maximum atomic E-state index is 12.9. The van der Waals surface area contributed by atoms with Gasteiger partial charge >= 0.3 is 6.16 Å². The standard InChI is InChI=1S/C28H48NO4/c1-6-9-10-11-12-13-14-15-20-32-28(31)33-21-19-29(7-2,8-3)23-26(30)22-27-24(4)17-16-18-25(27)5/h16-18H,6-15,19-23H2,1-5H3/q+1. The van der Waals surface area contributed by atoms with Gasteiger partial charge in [0.25, 0.3) is 0 Å². The topological polar surface area (TPSA) is 52.6 Å². The quantitative estimate of drug-likeness (QED) is 0.141. The molecule has 0 saturated carbocycles. The zero-order valence-corrected chi connectivity index (χ0v) is 21.9. The van der Waals surface area contributed by atoms with Crippen LogP contribution in [0.25, 0.3) is 0 Å². The summed E-state index contributed by atoms with van der Waals surface area (Å²) in [5.41, 5.74) is 3.46. The molecular weight excluding hydrogens is 414 g/mol. The number of carbonyl (C=O) groups is 2. The van der Waals surface area contributed by atoms with Crippen LogP contribution in [-0.4, -0.2) is 55.8 Å². The van der Waals surface area contributed by atoms with Crippen molar-refractivity contribution in [3.05, 3.63) is 34.9 Å². The van der Waals surface area contributed by atoms with Crippen molar-refractivity contribution < 1.29 is 23.5 Å². The molecule has 0 aliphatic rings. The molecule has 0 aliphatic carbocycles. The number of Topliss-reactive ketones (excluding diaryl/α,β-unsaturated/α-hetero) is 1. The molecule has 0 amide bonds. The molecule has 0 atom stereocenters. The predicted octanol–water partition coefficient (Wildman–Crippen LogP) is 6.57. The highest BCUT2D eigenvalue weighted by molar-refractivity contribution is 5.82. The van der Waals surface area contributed by atoms with Gasteiger partial charge in [0, 0.05) is 6.42 Å². The molecule has 0 unspecified atom stereocenters. The van der Waals surface area contributed by atoms with Gasteiger partial charge in [-0.2, -0.15) is 0 Å². The normalized spacial score (nSPS) is 11.4. The Hall–Kier alpha value is -1.88. The summed E-state index contributed by atoms with van der Waals surface area (Å²) < 4.78 is 11.2. The van der Waals surface area contributed by atoms with E-state index in [1.807, 2.05) is 6.07 Å². The number of ether oxygens (including phenoxy) is 2. The van der Waals surface area contributed by atoms with Crippen molar-refractivity contribution in [3.63, 3.8) is 0 Å². The fourth-order valence-corrected chi connectivity index (χ4v) is 4.35. The molecule has 0 aliphatic heterocycles. The molecule has 5 nitrogen and oxygen atoms in total. The summed E-state index contributed by atoms with van der Waals surface area (Å²) >= 11 is 0. The lowest BCUT2D eigenvalue weighted by molar-refractivity contribution is -0.917. The zero-order valence-electron chi connectivity index (χ0n) is 21.9. The van der Waals surface area contributed by atoms with E-state index in [9.17, 15) is 9.59 Å². The number of carbonyl (C=O) groups excluding carboxylic acids is 2. The van der Waals surface area contributed by atoms with Gasteiger partial charge < -0.3 is 14.0 Å². The van der Waals surface area contributed by atoms with Crippen molar-refractivity contribution in [1.82, 2.24) is 0 Å². The van der Waals surface area contributed by atoms with Gasteiger partial charge in [0.1, 0.15) is 19.7 Å². The lowest BCUT2D eigenvalue weighted by Crippen LogP contribution is -2.53. The Morgan fingerprint density at radius 2 is 1.33 bits per heavy atom.